The average Bonchev–Trinajstić information content (AvgIpc) is 3.39. The van der Waals surface area contributed by atoms with Crippen molar-refractivity contribution in [2.75, 3.05) is 13.1 Å². The largest absolute Gasteiger partial charge is 0.490 e. The highest BCUT2D eigenvalue weighted by Gasteiger charge is 2.55. The molecule has 0 radical (unpaired) electrons. The van der Waals surface area contributed by atoms with Gasteiger partial charge in [-0.2, -0.15) is 0 Å². The Balaban J connectivity index is 1.14. The number of aliphatic hydroxyl groups excluding tert-OH is 1. The summed E-state index contributed by atoms with van der Waals surface area (Å²) in [6.07, 6.45) is 8.38. The van der Waals surface area contributed by atoms with Gasteiger partial charge in [0.2, 0.25) is 5.91 Å². The Labute approximate surface area is 204 Å². The molecule has 4 atom stereocenters. The Kier molecular flexibility index (Phi) is 5.63. The van der Waals surface area contributed by atoms with E-state index in [1.807, 2.05) is 12.3 Å². The van der Waals surface area contributed by atoms with E-state index in [2.05, 4.69) is 23.7 Å². The molecule has 4 fully saturated rings. The molecule has 1 unspecified atom stereocenters. The number of nitrogens with zero attached hydrogens (tertiary/aromatic N) is 2. The summed E-state index contributed by atoms with van der Waals surface area (Å²) in [5.74, 6) is 0.367. The molecule has 5 aliphatic rings. The molecule has 7 rings (SSSR count). The minimum absolute atomic E-state index is 0.116. The number of morpholine rings is 1. The van der Waals surface area contributed by atoms with Gasteiger partial charge >= 0.3 is 0 Å². The molecule has 3 N–H and O–H groups in total. The summed E-state index contributed by atoms with van der Waals surface area (Å²) in [6, 6.07) is 2.62. The van der Waals surface area contributed by atoms with Crippen molar-refractivity contribution in [1.29, 1.82) is 0 Å². The number of fused-ring (bicyclic) bond motifs is 5. The Morgan fingerprint density at radius 2 is 2.03 bits per heavy atom. The van der Waals surface area contributed by atoms with Gasteiger partial charge in [-0.05, 0) is 62.5 Å². The number of carbonyl (C=O) groups is 1. The topological polar surface area (TPSA) is 97.9 Å². The van der Waals surface area contributed by atoms with Crippen molar-refractivity contribution in [1.82, 2.24) is 9.88 Å². The number of primary amides is 1. The Morgan fingerprint density at radius 1 is 1.29 bits per heavy atom. The lowest BCUT2D eigenvalue weighted by molar-refractivity contribution is -0.281. The van der Waals surface area contributed by atoms with Crippen LogP contribution in [0, 0.1) is 5.41 Å². The first-order valence-electron chi connectivity index (χ1n) is 12.7. The molecule has 0 aromatic carbocycles. The molecule has 7 nitrogen and oxygen atoms in total. The number of carbonyl (C=O) groups excluding carboxylic acids is 1. The second kappa shape index (κ2) is 8.43. The van der Waals surface area contributed by atoms with Gasteiger partial charge in [-0.3, -0.25) is 9.69 Å². The van der Waals surface area contributed by atoms with Gasteiger partial charge in [-0.25, -0.2) is 4.98 Å². The zero-order valence-corrected chi connectivity index (χ0v) is 20.9. The van der Waals surface area contributed by atoms with E-state index in [9.17, 15) is 9.90 Å². The Bertz CT molecular complexity index is 1080. The van der Waals surface area contributed by atoms with E-state index in [0.29, 0.717) is 30.1 Å². The normalized spacial score (nSPS) is 33.3. The van der Waals surface area contributed by atoms with E-state index in [1.165, 1.54) is 10.4 Å². The van der Waals surface area contributed by atoms with Gasteiger partial charge in [-0.15, -0.1) is 11.3 Å². The summed E-state index contributed by atoms with van der Waals surface area (Å²) < 4.78 is 12.6. The van der Waals surface area contributed by atoms with Crippen LogP contribution in [-0.2, 0) is 16.0 Å². The van der Waals surface area contributed by atoms with Crippen molar-refractivity contribution in [2.45, 2.75) is 95.2 Å². The number of ether oxygens (including phenoxy) is 2. The van der Waals surface area contributed by atoms with Crippen LogP contribution in [0.2, 0.25) is 0 Å². The van der Waals surface area contributed by atoms with Crippen LogP contribution in [0.25, 0.3) is 10.2 Å². The highest BCUT2D eigenvalue weighted by molar-refractivity contribution is 7.19. The first-order chi connectivity index (χ1) is 16.3. The molecular formula is C26H35N3O4S. The molecule has 0 spiro atoms. The van der Waals surface area contributed by atoms with Crippen LogP contribution in [0.4, 0.5) is 0 Å². The maximum Gasteiger partial charge on any atom is 0.246 e. The first kappa shape index (κ1) is 22.7. The molecule has 184 valence electrons. The number of nitrogens with two attached hydrogens (primary N) is 1. The molecule has 2 aromatic heterocycles. The monoisotopic (exact) mass is 485 g/mol. The quantitative estimate of drug-likeness (QED) is 0.651. The van der Waals surface area contributed by atoms with E-state index in [1.54, 1.807) is 11.3 Å². The van der Waals surface area contributed by atoms with Gasteiger partial charge < -0.3 is 20.3 Å². The maximum atomic E-state index is 11.5. The number of aliphatic hydroxyl groups is 1. The van der Waals surface area contributed by atoms with E-state index >= 15 is 0 Å². The molecule has 2 aliphatic carbocycles. The van der Waals surface area contributed by atoms with Crippen LogP contribution >= 0.6 is 11.3 Å². The lowest BCUT2D eigenvalue weighted by atomic mass is 9.71. The van der Waals surface area contributed by atoms with Crippen molar-refractivity contribution in [2.24, 2.45) is 11.1 Å². The van der Waals surface area contributed by atoms with Crippen molar-refractivity contribution < 1.29 is 19.4 Å². The summed E-state index contributed by atoms with van der Waals surface area (Å²) in [4.78, 5) is 21.0. The second-order valence-electron chi connectivity index (χ2n) is 11.3. The Hall–Kier alpha value is -1.74. The van der Waals surface area contributed by atoms with Crippen LogP contribution in [0.1, 0.15) is 68.7 Å². The van der Waals surface area contributed by atoms with Gasteiger partial charge in [0.1, 0.15) is 16.7 Å². The lowest BCUT2D eigenvalue weighted by Gasteiger charge is -2.60. The maximum absolute atomic E-state index is 11.5. The lowest BCUT2D eigenvalue weighted by Crippen LogP contribution is -2.70. The number of hydrogen-bond donors (Lipinski definition) is 2. The third kappa shape index (κ3) is 3.74. The number of pyridine rings is 1. The van der Waals surface area contributed by atoms with Gasteiger partial charge in [-0.1, -0.05) is 13.8 Å². The SMILES string of the molecule is CC1(C)C2CN([C@H]3CC[C@H](Oc4ccnc5sc6c(c45)[C@@H](C[C@H](O)C(N)=O)CC6)CC3)C[C@H]1O2. The number of aryl methyl sites for hydroxylation is 1. The van der Waals surface area contributed by atoms with Gasteiger partial charge in [0.15, 0.2) is 0 Å². The molecule has 2 bridgehead atoms. The summed E-state index contributed by atoms with van der Waals surface area (Å²) in [5, 5.41) is 11.2. The van der Waals surface area contributed by atoms with Crippen LogP contribution in [0.15, 0.2) is 12.3 Å². The molecule has 1 saturated carbocycles. The minimum atomic E-state index is -1.11. The van der Waals surface area contributed by atoms with E-state index < -0.39 is 12.0 Å². The summed E-state index contributed by atoms with van der Waals surface area (Å²) >= 11 is 1.72. The van der Waals surface area contributed by atoms with Crippen molar-refractivity contribution in [3.05, 3.63) is 22.7 Å². The fourth-order valence-electron chi connectivity index (χ4n) is 6.60. The molecule has 3 aliphatic heterocycles. The minimum Gasteiger partial charge on any atom is -0.490 e. The molecule has 3 saturated heterocycles. The van der Waals surface area contributed by atoms with Crippen LogP contribution < -0.4 is 10.5 Å². The van der Waals surface area contributed by atoms with Crippen molar-refractivity contribution >= 4 is 27.5 Å². The standard InChI is InChI=1S/C26H35N3O4S/c1-26(2)20-12-29(13-21(26)33-20)15-4-6-16(7-5-15)32-18-9-10-28-25-23(18)22-14(3-8-19(22)34-25)11-17(30)24(27)31/h9-10,14-17,20-21,30H,3-8,11-13H2,1-2H3,(H2,27,31)/t14-,15-,16-,17+,20-,21?/m1/s1. The first-order valence-corrected chi connectivity index (χ1v) is 13.6. The fourth-order valence-corrected chi connectivity index (χ4v) is 7.85. The average molecular weight is 486 g/mol. The number of hydrogen-bond acceptors (Lipinski definition) is 7. The molecule has 5 heterocycles. The smallest absolute Gasteiger partial charge is 0.246 e. The predicted molar refractivity (Wildman–Crippen MR) is 131 cm³/mol. The Morgan fingerprint density at radius 3 is 2.71 bits per heavy atom. The summed E-state index contributed by atoms with van der Waals surface area (Å²) in [7, 11) is 0. The van der Waals surface area contributed by atoms with Crippen LogP contribution in [0.3, 0.4) is 0 Å². The van der Waals surface area contributed by atoms with Gasteiger partial charge in [0.25, 0.3) is 0 Å². The third-order valence-corrected chi connectivity index (χ3v) is 10.0. The second-order valence-corrected chi connectivity index (χ2v) is 12.3. The zero-order valence-electron chi connectivity index (χ0n) is 20.0. The van der Waals surface area contributed by atoms with Crippen molar-refractivity contribution in [3.63, 3.8) is 0 Å². The molecule has 8 heteroatoms. The molecule has 2 aromatic rings. The van der Waals surface area contributed by atoms with E-state index in [-0.39, 0.29) is 12.0 Å². The summed E-state index contributed by atoms with van der Waals surface area (Å²) in [6.45, 7) is 6.79. The van der Waals surface area contributed by atoms with Gasteiger partial charge in [0.05, 0.1) is 23.7 Å². The van der Waals surface area contributed by atoms with E-state index in [0.717, 1.165) is 67.6 Å². The summed E-state index contributed by atoms with van der Waals surface area (Å²) in [5.41, 5.74) is 6.87. The van der Waals surface area contributed by atoms with E-state index in [4.69, 9.17) is 15.2 Å². The predicted octanol–water partition coefficient (Wildman–Crippen LogP) is 3.36. The molecule has 1 amide bonds. The highest BCUT2D eigenvalue weighted by atomic mass is 32.1. The number of amides is 1. The van der Waals surface area contributed by atoms with Gasteiger partial charge in [0, 0.05) is 35.6 Å². The van der Waals surface area contributed by atoms with Crippen LogP contribution in [0.5, 0.6) is 5.75 Å². The third-order valence-electron chi connectivity index (χ3n) is 8.87. The number of aromatic nitrogens is 1. The fraction of sp³-hybridized carbons (Fsp3) is 0.692. The zero-order chi connectivity index (χ0) is 23.6. The molecular weight excluding hydrogens is 450 g/mol. The van der Waals surface area contributed by atoms with Crippen LogP contribution in [-0.4, -0.2) is 64.4 Å². The number of piperidine rings is 1. The number of rotatable bonds is 6. The highest BCUT2D eigenvalue weighted by Crippen LogP contribution is 2.49. The molecule has 34 heavy (non-hydrogen) atoms. The van der Waals surface area contributed by atoms with Crippen molar-refractivity contribution in [3.8, 4) is 5.75 Å². The number of thiophene rings is 1.